The van der Waals surface area contributed by atoms with Crippen molar-refractivity contribution in [2.24, 2.45) is 10.9 Å². The fourth-order valence-corrected chi connectivity index (χ4v) is 5.47. The zero-order valence-corrected chi connectivity index (χ0v) is 21.4. The molecule has 172 valence electrons. The number of piperidine rings is 2. The van der Waals surface area contributed by atoms with Crippen molar-refractivity contribution < 1.29 is 13.2 Å². The molecular weight excluding hydrogens is 505 g/mol. The first-order valence-electron chi connectivity index (χ1n) is 10.6. The van der Waals surface area contributed by atoms with Gasteiger partial charge < -0.3 is 20.3 Å². The molecule has 0 aliphatic carbocycles. The highest BCUT2D eigenvalue weighted by atomic mass is 127. The molecule has 8 nitrogen and oxygen atoms in total. The molecule has 29 heavy (non-hydrogen) atoms. The summed E-state index contributed by atoms with van der Waals surface area (Å²) >= 11 is 0. The Morgan fingerprint density at radius 1 is 1.14 bits per heavy atom. The fraction of sp³-hybridized carbons (Fsp3) is 0.947. The van der Waals surface area contributed by atoms with Gasteiger partial charge in [-0.15, -0.1) is 24.0 Å². The van der Waals surface area contributed by atoms with E-state index in [9.17, 15) is 8.42 Å². The van der Waals surface area contributed by atoms with Crippen molar-refractivity contribution in [2.75, 3.05) is 65.8 Å². The van der Waals surface area contributed by atoms with Gasteiger partial charge in [0.25, 0.3) is 0 Å². The number of nitrogens with zero attached hydrogens (tertiary/aromatic N) is 3. The molecule has 2 aliphatic heterocycles. The Hall–Kier alpha value is -0.170. The summed E-state index contributed by atoms with van der Waals surface area (Å²) in [6, 6.07) is 0.273. The number of hydrogen-bond acceptors (Lipinski definition) is 5. The largest absolute Gasteiger partial charge is 0.383 e. The van der Waals surface area contributed by atoms with E-state index >= 15 is 0 Å². The molecular formula is C19H40IN5O3S. The van der Waals surface area contributed by atoms with Crippen molar-refractivity contribution in [3.63, 3.8) is 0 Å². The number of aliphatic imine (C=N–C) groups is 1. The maximum absolute atomic E-state index is 12.2. The van der Waals surface area contributed by atoms with Crippen LogP contribution in [-0.2, 0) is 14.8 Å². The molecule has 2 fully saturated rings. The summed E-state index contributed by atoms with van der Waals surface area (Å²) < 4.78 is 31.2. The van der Waals surface area contributed by atoms with Gasteiger partial charge in [0.15, 0.2) is 5.96 Å². The molecule has 2 aliphatic rings. The average molecular weight is 546 g/mol. The summed E-state index contributed by atoms with van der Waals surface area (Å²) in [6.07, 6.45) is 4.70. The highest BCUT2D eigenvalue weighted by Gasteiger charge is 2.27. The smallest absolute Gasteiger partial charge is 0.214 e. The standard InChI is InChI=1S/C19H39N5O3S.HI/c1-4-15-28(25,26)24-11-7-18(8-12-24)22-19(20-2)21-16-17-5-9-23(10-6-17)13-14-27-3;/h17-18H,4-16H2,1-3H3,(H2,20,21,22);1H. The van der Waals surface area contributed by atoms with Gasteiger partial charge in [-0.05, 0) is 51.1 Å². The summed E-state index contributed by atoms with van der Waals surface area (Å²) in [5.74, 6) is 1.74. The first-order valence-corrected chi connectivity index (χ1v) is 12.3. The van der Waals surface area contributed by atoms with Gasteiger partial charge in [0.05, 0.1) is 12.4 Å². The van der Waals surface area contributed by atoms with Crippen LogP contribution in [0.25, 0.3) is 0 Å². The zero-order valence-electron chi connectivity index (χ0n) is 18.2. The third-order valence-electron chi connectivity index (χ3n) is 5.75. The lowest BCUT2D eigenvalue weighted by molar-refractivity contribution is 0.121. The van der Waals surface area contributed by atoms with Gasteiger partial charge in [-0.2, -0.15) is 0 Å². The average Bonchev–Trinajstić information content (AvgIpc) is 2.70. The Morgan fingerprint density at radius 2 is 1.79 bits per heavy atom. The molecule has 2 N–H and O–H groups in total. The third-order valence-corrected chi connectivity index (χ3v) is 7.83. The van der Waals surface area contributed by atoms with E-state index in [-0.39, 0.29) is 35.8 Å². The second-order valence-electron chi connectivity index (χ2n) is 7.86. The Labute approximate surface area is 194 Å². The van der Waals surface area contributed by atoms with Gasteiger partial charge in [0.2, 0.25) is 10.0 Å². The number of ether oxygens (including phenoxy) is 1. The quantitative estimate of drug-likeness (QED) is 0.259. The number of nitrogens with one attached hydrogen (secondary N) is 2. The van der Waals surface area contributed by atoms with Crippen LogP contribution in [0.5, 0.6) is 0 Å². The number of rotatable bonds is 9. The molecule has 0 unspecified atom stereocenters. The maximum Gasteiger partial charge on any atom is 0.214 e. The van der Waals surface area contributed by atoms with Crippen molar-refractivity contribution >= 4 is 40.0 Å². The minimum absolute atomic E-state index is 0. The second-order valence-corrected chi connectivity index (χ2v) is 9.95. The molecule has 0 aromatic heterocycles. The van der Waals surface area contributed by atoms with E-state index < -0.39 is 10.0 Å². The van der Waals surface area contributed by atoms with Crippen LogP contribution < -0.4 is 10.6 Å². The number of halogens is 1. The van der Waals surface area contributed by atoms with E-state index in [1.54, 1.807) is 18.5 Å². The van der Waals surface area contributed by atoms with E-state index in [0.717, 1.165) is 51.6 Å². The van der Waals surface area contributed by atoms with Crippen LogP contribution in [0.2, 0.25) is 0 Å². The molecule has 2 rings (SSSR count). The zero-order chi connectivity index (χ0) is 20.4. The molecule has 0 aromatic rings. The first kappa shape index (κ1) is 26.9. The van der Waals surface area contributed by atoms with Crippen LogP contribution >= 0.6 is 24.0 Å². The van der Waals surface area contributed by atoms with Crippen molar-refractivity contribution in [1.29, 1.82) is 0 Å². The lowest BCUT2D eigenvalue weighted by Crippen LogP contribution is -2.51. The predicted molar refractivity (Wildman–Crippen MR) is 130 cm³/mol. The number of likely N-dealkylation sites (tertiary alicyclic amines) is 1. The van der Waals surface area contributed by atoms with Crippen LogP contribution in [-0.4, -0.2) is 95.4 Å². The number of sulfonamides is 1. The van der Waals surface area contributed by atoms with Gasteiger partial charge >= 0.3 is 0 Å². The number of guanidine groups is 1. The van der Waals surface area contributed by atoms with Gasteiger partial charge in [-0.3, -0.25) is 4.99 Å². The Morgan fingerprint density at radius 3 is 2.34 bits per heavy atom. The van der Waals surface area contributed by atoms with Crippen LogP contribution in [0.15, 0.2) is 4.99 Å². The third kappa shape index (κ3) is 9.24. The Kier molecular flexibility index (Phi) is 13.0. The lowest BCUT2D eigenvalue weighted by Gasteiger charge is -2.33. The van der Waals surface area contributed by atoms with Crippen molar-refractivity contribution in [1.82, 2.24) is 19.8 Å². The van der Waals surface area contributed by atoms with Crippen LogP contribution in [0.4, 0.5) is 0 Å². The van der Waals surface area contributed by atoms with Gasteiger partial charge in [0, 0.05) is 46.4 Å². The maximum atomic E-state index is 12.2. The minimum Gasteiger partial charge on any atom is -0.383 e. The Balaban J connectivity index is 0.00000420. The second kappa shape index (κ2) is 14.0. The molecule has 0 atom stereocenters. The topological polar surface area (TPSA) is 86.3 Å². The van der Waals surface area contributed by atoms with Crippen molar-refractivity contribution in [3.8, 4) is 0 Å². The molecule has 2 heterocycles. The van der Waals surface area contributed by atoms with Crippen LogP contribution in [0.1, 0.15) is 39.0 Å². The lowest BCUT2D eigenvalue weighted by atomic mass is 9.97. The number of methoxy groups -OCH3 is 1. The fourth-order valence-electron chi connectivity index (χ4n) is 3.93. The molecule has 0 spiro atoms. The van der Waals surface area contributed by atoms with E-state index in [0.29, 0.717) is 25.4 Å². The summed E-state index contributed by atoms with van der Waals surface area (Å²) in [5, 5.41) is 6.95. The Bertz CT molecular complexity index is 574. The normalized spacial score (nSPS) is 21.0. The first-order chi connectivity index (χ1) is 13.5. The molecule has 0 bridgehead atoms. The van der Waals surface area contributed by atoms with E-state index in [2.05, 4.69) is 20.5 Å². The number of hydrogen-bond donors (Lipinski definition) is 2. The minimum atomic E-state index is -3.08. The van der Waals surface area contributed by atoms with Crippen LogP contribution in [0.3, 0.4) is 0 Å². The molecule has 0 aromatic carbocycles. The highest BCUT2D eigenvalue weighted by molar-refractivity contribution is 14.0. The van der Waals surface area contributed by atoms with E-state index in [1.165, 1.54) is 12.8 Å². The van der Waals surface area contributed by atoms with Crippen molar-refractivity contribution in [3.05, 3.63) is 0 Å². The van der Waals surface area contributed by atoms with Gasteiger partial charge in [-0.1, -0.05) is 6.92 Å². The molecule has 10 heteroatoms. The van der Waals surface area contributed by atoms with Crippen LogP contribution in [0, 0.1) is 5.92 Å². The highest BCUT2D eigenvalue weighted by Crippen LogP contribution is 2.17. The monoisotopic (exact) mass is 545 g/mol. The van der Waals surface area contributed by atoms with E-state index in [4.69, 9.17) is 4.74 Å². The predicted octanol–water partition coefficient (Wildman–Crippen LogP) is 1.33. The molecule has 2 saturated heterocycles. The molecule has 0 radical (unpaired) electrons. The van der Waals surface area contributed by atoms with Gasteiger partial charge in [-0.25, -0.2) is 12.7 Å². The van der Waals surface area contributed by atoms with Gasteiger partial charge in [0.1, 0.15) is 0 Å². The SMILES string of the molecule is CCCS(=O)(=O)N1CCC(NC(=NC)NCC2CCN(CCOC)CC2)CC1.I. The summed E-state index contributed by atoms with van der Waals surface area (Å²) in [7, 11) is 0.470. The van der Waals surface area contributed by atoms with Crippen molar-refractivity contribution in [2.45, 2.75) is 45.1 Å². The summed E-state index contributed by atoms with van der Waals surface area (Å²) in [4.78, 5) is 6.82. The molecule has 0 amide bonds. The molecule has 0 saturated carbocycles. The summed E-state index contributed by atoms with van der Waals surface area (Å²) in [6.45, 7) is 8.11. The summed E-state index contributed by atoms with van der Waals surface area (Å²) in [5.41, 5.74) is 0. The van der Waals surface area contributed by atoms with E-state index in [1.807, 2.05) is 6.92 Å².